The van der Waals surface area contributed by atoms with Crippen LogP contribution in [-0.2, 0) is 4.79 Å². The summed E-state index contributed by atoms with van der Waals surface area (Å²) in [5.74, 6) is 0.470. The molecule has 110 valence electrons. The first kappa shape index (κ1) is 14.2. The molecule has 2 N–H and O–H groups in total. The largest absolute Gasteiger partial charge is 0.482 e. The second-order valence-electron chi connectivity index (χ2n) is 4.98. The van der Waals surface area contributed by atoms with Crippen LogP contribution in [0.4, 0.5) is 11.4 Å². The normalized spacial score (nSPS) is 14.9. The zero-order valence-electron chi connectivity index (χ0n) is 11.7. The predicted octanol–water partition coefficient (Wildman–Crippen LogP) is 4.21. The van der Waals surface area contributed by atoms with Gasteiger partial charge in [0.05, 0.1) is 22.4 Å². The Kier molecular flexibility index (Phi) is 3.78. The lowest BCUT2D eigenvalue weighted by Gasteiger charge is -2.21. The number of amides is 1. The first-order valence-electron chi connectivity index (χ1n) is 6.62. The molecular formula is C15H15ClN2O2S. The number of rotatable bonds is 3. The molecule has 1 amide bonds. The fraction of sp³-hybridized carbons (Fsp3) is 0.267. The summed E-state index contributed by atoms with van der Waals surface area (Å²) in [6, 6.07) is 7.90. The van der Waals surface area contributed by atoms with Crippen molar-refractivity contribution in [1.82, 2.24) is 0 Å². The van der Waals surface area contributed by atoms with Crippen molar-refractivity contribution in [2.75, 3.05) is 17.2 Å². The van der Waals surface area contributed by atoms with Crippen LogP contribution in [0.5, 0.6) is 5.75 Å². The standard InChI is InChI=1S/C15H15ClN2O2S/c1-8-3-4-14(21-8)9(2)17-11-6-13-12(5-10(11)16)18-15(19)7-20-13/h3-6,9,17H,7H2,1-2H3,(H,18,19). The highest BCUT2D eigenvalue weighted by molar-refractivity contribution is 7.12. The maximum absolute atomic E-state index is 11.3. The van der Waals surface area contributed by atoms with E-state index in [0.29, 0.717) is 16.5 Å². The minimum Gasteiger partial charge on any atom is -0.482 e. The van der Waals surface area contributed by atoms with E-state index in [4.69, 9.17) is 16.3 Å². The summed E-state index contributed by atoms with van der Waals surface area (Å²) in [7, 11) is 0. The molecule has 1 aliphatic rings. The van der Waals surface area contributed by atoms with Gasteiger partial charge in [-0.2, -0.15) is 0 Å². The molecule has 1 aromatic heterocycles. The van der Waals surface area contributed by atoms with Gasteiger partial charge in [0.1, 0.15) is 5.75 Å². The van der Waals surface area contributed by atoms with Crippen LogP contribution in [0.25, 0.3) is 0 Å². The molecule has 0 saturated carbocycles. The van der Waals surface area contributed by atoms with Crippen LogP contribution in [0.3, 0.4) is 0 Å². The third kappa shape index (κ3) is 2.99. The second-order valence-corrected chi connectivity index (χ2v) is 6.71. The number of ether oxygens (including phenoxy) is 1. The Balaban J connectivity index is 1.84. The number of hydrogen-bond donors (Lipinski definition) is 2. The molecule has 1 aromatic carbocycles. The van der Waals surface area contributed by atoms with E-state index in [1.165, 1.54) is 9.75 Å². The minimum atomic E-state index is -0.165. The van der Waals surface area contributed by atoms with Crippen LogP contribution >= 0.6 is 22.9 Å². The average molecular weight is 323 g/mol. The Morgan fingerprint density at radius 2 is 2.24 bits per heavy atom. The van der Waals surface area contributed by atoms with Gasteiger partial charge in [0.25, 0.3) is 5.91 Å². The van der Waals surface area contributed by atoms with E-state index in [1.807, 2.05) is 6.07 Å². The lowest BCUT2D eigenvalue weighted by Crippen LogP contribution is -2.25. The SMILES string of the molecule is Cc1ccc(C(C)Nc2cc3c(cc2Cl)NC(=O)CO3)s1. The third-order valence-corrected chi connectivity index (χ3v) is 4.76. The van der Waals surface area contributed by atoms with E-state index in [-0.39, 0.29) is 18.6 Å². The number of hydrogen-bond acceptors (Lipinski definition) is 4. The van der Waals surface area contributed by atoms with Crippen molar-refractivity contribution in [1.29, 1.82) is 0 Å². The van der Waals surface area contributed by atoms with Crippen LogP contribution in [0.2, 0.25) is 5.02 Å². The fourth-order valence-electron chi connectivity index (χ4n) is 2.20. The van der Waals surface area contributed by atoms with Crippen LogP contribution in [0.15, 0.2) is 24.3 Å². The summed E-state index contributed by atoms with van der Waals surface area (Å²) in [4.78, 5) is 13.8. The Morgan fingerprint density at radius 3 is 2.95 bits per heavy atom. The zero-order chi connectivity index (χ0) is 15.0. The van der Waals surface area contributed by atoms with Crippen molar-refractivity contribution in [3.8, 4) is 5.75 Å². The summed E-state index contributed by atoms with van der Waals surface area (Å²) in [5, 5.41) is 6.68. The van der Waals surface area contributed by atoms with E-state index >= 15 is 0 Å². The molecule has 0 spiro atoms. The van der Waals surface area contributed by atoms with E-state index in [2.05, 4.69) is 36.6 Å². The smallest absolute Gasteiger partial charge is 0.262 e. The number of nitrogens with one attached hydrogen (secondary N) is 2. The van der Waals surface area contributed by atoms with E-state index in [9.17, 15) is 4.79 Å². The molecular weight excluding hydrogens is 308 g/mol. The van der Waals surface area contributed by atoms with Gasteiger partial charge in [-0.1, -0.05) is 11.6 Å². The van der Waals surface area contributed by atoms with E-state index < -0.39 is 0 Å². The van der Waals surface area contributed by atoms with Gasteiger partial charge in [0.2, 0.25) is 0 Å². The number of thiophene rings is 1. The Labute approximate surface area is 132 Å². The molecule has 0 fully saturated rings. The summed E-state index contributed by atoms with van der Waals surface area (Å²) >= 11 is 8.04. The van der Waals surface area contributed by atoms with Gasteiger partial charge in [-0.05, 0) is 32.0 Å². The molecule has 6 heteroatoms. The quantitative estimate of drug-likeness (QED) is 0.889. The number of aryl methyl sites for hydroxylation is 1. The summed E-state index contributed by atoms with van der Waals surface area (Å²) in [6.07, 6.45) is 0. The molecule has 3 rings (SSSR count). The lowest BCUT2D eigenvalue weighted by molar-refractivity contribution is -0.118. The van der Waals surface area contributed by atoms with Crippen LogP contribution in [-0.4, -0.2) is 12.5 Å². The van der Waals surface area contributed by atoms with Gasteiger partial charge in [-0.25, -0.2) is 0 Å². The van der Waals surface area contributed by atoms with Gasteiger partial charge >= 0.3 is 0 Å². The van der Waals surface area contributed by atoms with Gasteiger partial charge in [-0.3, -0.25) is 4.79 Å². The maximum Gasteiger partial charge on any atom is 0.262 e. The monoisotopic (exact) mass is 322 g/mol. The van der Waals surface area contributed by atoms with Gasteiger partial charge in [0.15, 0.2) is 6.61 Å². The number of anilines is 2. The molecule has 2 heterocycles. The number of carbonyl (C=O) groups excluding carboxylic acids is 1. The second kappa shape index (κ2) is 5.58. The summed E-state index contributed by atoms with van der Waals surface area (Å²) in [5.41, 5.74) is 1.41. The molecule has 1 unspecified atom stereocenters. The maximum atomic E-state index is 11.3. The number of halogens is 1. The van der Waals surface area contributed by atoms with E-state index in [0.717, 1.165) is 5.69 Å². The number of fused-ring (bicyclic) bond motifs is 1. The predicted molar refractivity (Wildman–Crippen MR) is 86.7 cm³/mol. The highest BCUT2D eigenvalue weighted by Gasteiger charge is 2.19. The van der Waals surface area contributed by atoms with Crippen molar-refractivity contribution < 1.29 is 9.53 Å². The molecule has 0 radical (unpaired) electrons. The fourth-order valence-corrected chi connectivity index (χ4v) is 3.30. The Hall–Kier alpha value is -1.72. The number of benzene rings is 1. The van der Waals surface area contributed by atoms with E-state index in [1.54, 1.807) is 17.4 Å². The van der Waals surface area contributed by atoms with Crippen LogP contribution in [0, 0.1) is 6.92 Å². The van der Waals surface area contributed by atoms with Crippen molar-refractivity contribution in [3.63, 3.8) is 0 Å². The first-order chi connectivity index (χ1) is 10.0. The highest BCUT2D eigenvalue weighted by Crippen LogP contribution is 2.38. The van der Waals surface area contributed by atoms with Crippen LogP contribution in [0.1, 0.15) is 22.7 Å². The van der Waals surface area contributed by atoms with Gasteiger partial charge in [0, 0.05) is 15.8 Å². The number of carbonyl (C=O) groups is 1. The molecule has 21 heavy (non-hydrogen) atoms. The Morgan fingerprint density at radius 1 is 1.43 bits per heavy atom. The van der Waals surface area contributed by atoms with Gasteiger partial charge < -0.3 is 15.4 Å². The van der Waals surface area contributed by atoms with Crippen molar-refractivity contribution >= 4 is 40.2 Å². The molecule has 0 saturated heterocycles. The average Bonchev–Trinajstić information content (AvgIpc) is 2.86. The Bertz CT molecular complexity index is 699. The summed E-state index contributed by atoms with van der Waals surface area (Å²) < 4.78 is 5.41. The first-order valence-corrected chi connectivity index (χ1v) is 7.81. The molecule has 2 aromatic rings. The minimum absolute atomic E-state index is 0.0355. The van der Waals surface area contributed by atoms with Crippen LogP contribution < -0.4 is 15.4 Å². The molecule has 0 bridgehead atoms. The highest BCUT2D eigenvalue weighted by atomic mass is 35.5. The van der Waals surface area contributed by atoms with Gasteiger partial charge in [-0.15, -0.1) is 11.3 Å². The van der Waals surface area contributed by atoms with Crippen molar-refractivity contribution in [2.24, 2.45) is 0 Å². The third-order valence-electron chi connectivity index (χ3n) is 3.26. The van der Waals surface area contributed by atoms with Crippen molar-refractivity contribution in [2.45, 2.75) is 19.9 Å². The zero-order valence-corrected chi connectivity index (χ0v) is 13.3. The van der Waals surface area contributed by atoms with Crippen molar-refractivity contribution in [3.05, 3.63) is 39.0 Å². The summed E-state index contributed by atoms with van der Waals surface area (Å²) in [6.45, 7) is 4.21. The molecule has 1 aliphatic heterocycles. The lowest BCUT2D eigenvalue weighted by atomic mass is 10.2. The molecule has 4 nitrogen and oxygen atoms in total. The molecule has 1 atom stereocenters. The topological polar surface area (TPSA) is 50.4 Å². The molecule has 0 aliphatic carbocycles.